The fraction of sp³-hybridized carbons (Fsp3) is 0.500. The second-order valence-electron chi connectivity index (χ2n) is 6.48. The zero-order chi connectivity index (χ0) is 16.7. The Kier molecular flexibility index (Phi) is 4.04. The maximum atomic E-state index is 12.2. The number of hydrogen-bond donors (Lipinski definition) is 1. The lowest BCUT2D eigenvalue weighted by molar-refractivity contribution is -0.130. The molecule has 1 atom stereocenters. The number of fused-ring (bicyclic) bond motifs is 1. The second kappa shape index (κ2) is 5.51. The van der Waals surface area contributed by atoms with E-state index in [4.69, 9.17) is 9.15 Å². The van der Waals surface area contributed by atoms with Crippen LogP contribution in [0.3, 0.4) is 0 Å². The maximum absolute atomic E-state index is 12.2. The lowest BCUT2D eigenvalue weighted by Gasteiger charge is -2.23. The quantitative estimate of drug-likeness (QED) is 0.884. The molecule has 1 amide bonds. The van der Waals surface area contributed by atoms with Gasteiger partial charge in [0, 0.05) is 24.7 Å². The molecule has 0 saturated heterocycles. The molecule has 0 radical (unpaired) electrons. The largest absolute Gasteiger partial charge is 0.460 e. The third kappa shape index (κ3) is 3.32. The van der Waals surface area contributed by atoms with Gasteiger partial charge in [0.2, 0.25) is 0 Å². The Balaban J connectivity index is 2.12. The van der Waals surface area contributed by atoms with E-state index in [0.29, 0.717) is 11.3 Å². The average molecular weight is 306 g/mol. The van der Waals surface area contributed by atoms with Crippen molar-refractivity contribution >= 4 is 23.0 Å². The van der Waals surface area contributed by atoms with Crippen LogP contribution < -0.4 is 5.32 Å². The molecule has 120 valence electrons. The average Bonchev–Trinajstić information content (AvgIpc) is 2.86. The highest BCUT2D eigenvalue weighted by Gasteiger charge is 2.25. The van der Waals surface area contributed by atoms with Crippen molar-refractivity contribution in [2.24, 2.45) is 7.05 Å². The van der Waals surface area contributed by atoms with Crippen LogP contribution in [0.1, 0.15) is 43.9 Å². The monoisotopic (exact) mass is 306 g/mol. The molecule has 0 saturated carbocycles. The van der Waals surface area contributed by atoms with Gasteiger partial charge in [-0.15, -0.1) is 0 Å². The van der Waals surface area contributed by atoms with Crippen LogP contribution in [-0.2, 0) is 16.6 Å². The number of carbonyl (C=O) groups excluding carboxylic acids is 2. The Labute approximate surface area is 129 Å². The molecule has 0 aliphatic carbocycles. The van der Waals surface area contributed by atoms with E-state index in [-0.39, 0.29) is 11.4 Å². The summed E-state index contributed by atoms with van der Waals surface area (Å²) < 4.78 is 12.4. The van der Waals surface area contributed by atoms with E-state index in [1.54, 1.807) is 24.6 Å². The Bertz CT molecular complexity index is 718. The minimum absolute atomic E-state index is 0.324. The second-order valence-corrected chi connectivity index (χ2v) is 6.48. The van der Waals surface area contributed by atoms with Crippen molar-refractivity contribution in [2.75, 3.05) is 0 Å². The zero-order valence-electron chi connectivity index (χ0n) is 13.8. The van der Waals surface area contributed by atoms with Crippen molar-refractivity contribution in [1.82, 2.24) is 9.88 Å². The van der Waals surface area contributed by atoms with E-state index < -0.39 is 12.1 Å². The number of carbonyl (C=O) groups is 2. The number of aromatic nitrogens is 1. The highest BCUT2D eigenvalue weighted by molar-refractivity contribution is 5.95. The molecule has 0 spiro atoms. The van der Waals surface area contributed by atoms with Crippen molar-refractivity contribution in [1.29, 1.82) is 0 Å². The normalized spacial score (nSPS) is 13.2. The molecule has 0 fully saturated rings. The number of furan rings is 1. The maximum Gasteiger partial charge on any atom is 0.355 e. The van der Waals surface area contributed by atoms with Crippen LogP contribution in [0.4, 0.5) is 0 Å². The van der Waals surface area contributed by atoms with Gasteiger partial charge in [0.05, 0.1) is 5.52 Å². The van der Waals surface area contributed by atoms with Gasteiger partial charge in [-0.3, -0.25) is 4.79 Å². The summed E-state index contributed by atoms with van der Waals surface area (Å²) in [5, 5.41) is 2.78. The van der Waals surface area contributed by atoms with E-state index in [1.807, 2.05) is 33.8 Å². The van der Waals surface area contributed by atoms with Crippen LogP contribution in [-0.4, -0.2) is 28.1 Å². The third-order valence-electron chi connectivity index (χ3n) is 3.21. The molecule has 2 heterocycles. The summed E-state index contributed by atoms with van der Waals surface area (Å²) in [6.07, 6.45) is -0.866. The van der Waals surface area contributed by atoms with Gasteiger partial charge in [0.15, 0.2) is 11.7 Å². The van der Waals surface area contributed by atoms with Gasteiger partial charge in [-0.2, -0.15) is 0 Å². The van der Waals surface area contributed by atoms with Crippen LogP contribution in [0.5, 0.6) is 0 Å². The lowest BCUT2D eigenvalue weighted by Crippen LogP contribution is -2.46. The summed E-state index contributed by atoms with van der Waals surface area (Å²) in [7, 11) is 1.76. The number of aryl methyl sites for hydroxylation is 2. The molecule has 0 aliphatic rings. The summed E-state index contributed by atoms with van der Waals surface area (Å²) in [6.45, 7) is 9.00. The SMILES string of the molecule is Cc1cc2c(cc(C(=O)OC(C)C(=O)NC(C)(C)C)n2C)o1. The molecule has 0 bridgehead atoms. The Morgan fingerprint density at radius 2 is 1.95 bits per heavy atom. The van der Waals surface area contributed by atoms with Gasteiger partial charge in [-0.05, 0) is 34.6 Å². The first-order valence-electron chi connectivity index (χ1n) is 7.17. The minimum Gasteiger partial charge on any atom is -0.460 e. The summed E-state index contributed by atoms with van der Waals surface area (Å²) in [5.41, 5.74) is 1.42. The van der Waals surface area contributed by atoms with E-state index in [1.165, 1.54) is 0 Å². The smallest absolute Gasteiger partial charge is 0.355 e. The van der Waals surface area contributed by atoms with E-state index >= 15 is 0 Å². The van der Waals surface area contributed by atoms with Crippen LogP contribution in [0, 0.1) is 6.92 Å². The summed E-state index contributed by atoms with van der Waals surface area (Å²) in [4.78, 5) is 24.2. The highest BCUT2D eigenvalue weighted by atomic mass is 16.5. The molecule has 0 aromatic carbocycles. The predicted octanol–water partition coefficient (Wildman–Crippen LogP) is 2.54. The summed E-state index contributed by atoms with van der Waals surface area (Å²) >= 11 is 0. The molecular formula is C16H22N2O4. The van der Waals surface area contributed by atoms with Crippen LogP contribution in [0.25, 0.3) is 11.1 Å². The number of nitrogens with one attached hydrogen (secondary N) is 1. The van der Waals surface area contributed by atoms with Crippen molar-refractivity contribution in [2.45, 2.75) is 46.3 Å². The summed E-state index contributed by atoms with van der Waals surface area (Å²) in [5.74, 6) is -0.101. The molecule has 2 rings (SSSR count). The van der Waals surface area contributed by atoms with Gasteiger partial charge >= 0.3 is 5.97 Å². The van der Waals surface area contributed by atoms with Gasteiger partial charge in [0.1, 0.15) is 11.5 Å². The molecule has 1 N–H and O–H groups in total. The van der Waals surface area contributed by atoms with E-state index in [9.17, 15) is 9.59 Å². The van der Waals surface area contributed by atoms with Crippen LogP contribution in [0.15, 0.2) is 16.5 Å². The van der Waals surface area contributed by atoms with Crippen LogP contribution >= 0.6 is 0 Å². The number of rotatable bonds is 3. The van der Waals surface area contributed by atoms with Crippen LogP contribution in [0.2, 0.25) is 0 Å². The molecule has 2 aromatic heterocycles. The van der Waals surface area contributed by atoms with Gasteiger partial charge in [-0.1, -0.05) is 0 Å². The van der Waals surface area contributed by atoms with Crippen molar-refractivity contribution in [3.8, 4) is 0 Å². The first kappa shape index (κ1) is 16.1. The number of amides is 1. The molecule has 6 heteroatoms. The number of ether oxygens (including phenoxy) is 1. The molecule has 22 heavy (non-hydrogen) atoms. The standard InChI is InChI=1S/C16H22N2O4/c1-9-7-11-13(21-9)8-12(18(11)6)15(20)22-10(2)14(19)17-16(3,4)5/h7-8,10H,1-6H3,(H,17,19). The van der Waals surface area contributed by atoms with E-state index in [2.05, 4.69) is 5.32 Å². The molecule has 2 aromatic rings. The van der Waals surface area contributed by atoms with Gasteiger partial charge < -0.3 is 19.0 Å². The third-order valence-corrected chi connectivity index (χ3v) is 3.21. The first-order valence-corrected chi connectivity index (χ1v) is 7.17. The first-order chi connectivity index (χ1) is 10.1. The van der Waals surface area contributed by atoms with Crippen molar-refractivity contribution in [3.05, 3.63) is 23.6 Å². The minimum atomic E-state index is -0.866. The lowest BCUT2D eigenvalue weighted by atomic mass is 10.1. The molecule has 0 aliphatic heterocycles. The fourth-order valence-corrected chi connectivity index (χ4v) is 2.18. The van der Waals surface area contributed by atoms with E-state index in [0.717, 1.165) is 11.3 Å². The zero-order valence-corrected chi connectivity index (χ0v) is 13.8. The van der Waals surface area contributed by atoms with Gasteiger partial charge in [-0.25, -0.2) is 4.79 Å². The fourth-order valence-electron chi connectivity index (χ4n) is 2.18. The highest BCUT2D eigenvalue weighted by Crippen LogP contribution is 2.23. The molecule has 6 nitrogen and oxygen atoms in total. The predicted molar refractivity (Wildman–Crippen MR) is 82.7 cm³/mol. The van der Waals surface area contributed by atoms with Crippen molar-refractivity contribution < 1.29 is 18.7 Å². The Morgan fingerprint density at radius 1 is 1.32 bits per heavy atom. The topological polar surface area (TPSA) is 73.5 Å². The Hall–Kier alpha value is -2.24. The van der Waals surface area contributed by atoms with Gasteiger partial charge in [0.25, 0.3) is 5.91 Å². The number of nitrogens with zero attached hydrogens (tertiary/aromatic N) is 1. The number of esters is 1. The molecular weight excluding hydrogens is 284 g/mol. The number of hydrogen-bond acceptors (Lipinski definition) is 4. The Morgan fingerprint density at radius 3 is 2.50 bits per heavy atom. The molecule has 1 unspecified atom stereocenters. The summed E-state index contributed by atoms with van der Waals surface area (Å²) in [6, 6.07) is 3.47. The van der Waals surface area contributed by atoms with Crippen molar-refractivity contribution in [3.63, 3.8) is 0 Å².